The first-order valence-electron chi connectivity index (χ1n) is 10.5. The molecule has 0 atom stereocenters. The molecule has 5 rings (SSSR count). The largest absolute Gasteiger partial charge is 1.00 e. The first kappa shape index (κ1) is 21.6. The van der Waals surface area contributed by atoms with Gasteiger partial charge < -0.3 is 17.5 Å². The first-order valence-corrected chi connectivity index (χ1v) is 10.5. The van der Waals surface area contributed by atoms with E-state index in [2.05, 4.69) is 78.9 Å². The molecule has 0 aliphatic carbocycles. The van der Waals surface area contributed by atoms with Crippen LogP contribution in [0.3, 0.4) is 0 Å². The van der Waals surface area contributed by atoms with Crippen LogP contribution in [0, 0.1) is 0 Å². The summed E-state index contributed by atoms with van der Waals surface area (Å²) in [7, 11) is 0. The van der Waals surface area contributed by atoms with Crippen LogP contribution in [0.1, 0.15) is 22.3 Å². The number of phenols is 1. The third-order valence-electron chi connectivity index (χ3n) is 5.65. The molecular formula is C29H23ClO2. The van der Waals surface area contributed by atoms with E-state index in [-0.39, 0.29) is 18.2 Å². The Morgan fingerprint density at radius 2 is 1.22 bits per heavy atom. The number of halogens is 1. The molecule has 158 valence electrons. The van der Waals surface area contributed by atoms with Gasteiger partial charge in [0.1, 0.15) is 5.75 Å². The fourth-order valence-corrected chi connectivity index (χ4v) is 4.04. The first-order chi connectivity index (χ1) is 15.3. The van der Waals surface area contributed by atoms with E-state index in [1.165, 1.54) is 22.3 Å². The van der Waals surface area contributed by atoms with Gasteiger partial charge in [0.15, 0.2) is 0 Å². The molecule has 4 aromatic carbocycles. The van der Waals surface area contributed by atoms with Gasteiger partial charge in [-0.25, -0.2) is 4.42 Å². The average Bonchev–Trinajstić information content (AvgIpc) is 2.82. The van der Waals surface area contributed by atoms with Crippen molar-refractivity contribution >= 4 is 11.0 Å². The van der Waals surface area contributed by atoms with Crippen molar-refractivity contribution in [2.24, 2.45) is 0 Å². The predicted octanol–water partition coefficient (Wildman–Crippen LogP) is 4.27. The fraction of sp³-hybridized carbons (Fsp3) is 0.0690. The van der Waals surface area contributed by atoms with Gasteiger partial charge >= 0.3 is 11.3 Å². The average molecular weight is 439 g/mol. The highest BCUT2D eigenvalue weighted by Crippen LogP contribution is 2.31. The number of phenolic OH excluding ortho intramolecular Hbond substituents is 1. The monoisotopic (exact) mass is 438 g/mol. The van der Waals surface area contributed by atoms with Crippen molar-refractivity contribution in [3.8, 4) is 17.1 Å². The molecule has 1 aromatic heterocycles. The molecule has 2 nitrogen and oxygen atoms in total. The lowest BCUT2D eigenvalue weighted by molar-refractivity contribution is -0.00000757. The quantitative estimate of drug-likeness (QED) is 0.415. The number of hydrogen-bond donors (Lipinski definition) is 1. The van der Waals surface area contributed by atoms with E-state index >= 15 is 0 Å². The number of aromatic hydroxyl groups is 1. The van der Waals surface area contributed by atoms with Crippen molar-refractivity contribution in [1.82, 2.24) is 0 Å². The Kier molecular flexibility index (Phi) is 6.53. The van der Waals surface area contributed by atoms with Crippen molar-refractivity contribution in [3.63, 3.8) is 0 Å². The summed E-state index contributed by atoms with van der Waals surface area (Å²) in [6.07, 6.45) is 1.74. The highest BCUT2D eigenvalue weighted by atomic mass is 35.5. The van der Waals surface area contributed by atoms with E-state index in [9.17, 15) is 5.11 Å². The summed E-state index contributed by atoms with van der Waals surface area (Å²) < 4.78 is 6.29. The maximum Gasteiger partial charge on any atom is 0.361 e. The highest BCUT2D eigenvalue weighted by Gasteiger charge is 2.19. The van der Waals surface area contributed by atoms with Gasteiger partial charge in [-0.1, -0.05) is 60.7 Å². The number of fused-ring (bicyclic) bond motifs is 1. The Labute approximate surface area is 194 Å². The van der Waals surface area contributed by atoms with E-state index in [0.29, 0.717) is 0 Å². The fourth-order valence-electron chi connectivity index (χ4n) is 4.04. The van der Waals surface area contributed by atoms with Crippen LogP contribution in [0.2, 0.25) is 0 Å². The minimum absolute atomic E-state index is 0. The van der Waals surface area contributed by atoms with E-state index in [1.54, 1.807) is 12.1 Å². The Hall–Kier alpha value is -3.62. The predicted molar refractivity (Wildman–Crippen MR) is 126 cm³/mol. The van der Waals surface area contributed by atoms with Crippen LogP contribution in [0.25, 0.3) is 22.3 Å². The number of benzene rings is 4. The molecule has 32 heavy (non-hydrogen) atoms. The normalized spacial score (nSPS) is 10.6. The van der Waals surface area contributed by atoms with Crippen molar-refractivity contribution in [1.29, 1.82) is 0 Å². The van der Waals surface area contributed by atoms with E-state index in [1.807, 2.05) is 18.2 Å². The van der Waals surface area contributed by atoms with Crippen LogP contribution in [-0.2, 0) is 12.8 Å². The lowest BCUT2D eigenvalue weighted by Crippen LogP contribution is -3.00. The second-order valence-electron chi connectivity index (χ2n) is 7.79. The Morgan fingerprint density at radius 1 is 0.594 bits per heavy atom. The standard InChI is InChI=1S/C29H22O2.ClH/c30-25-14-11-23(12-15-25)28-18-16-26-27(20-22-9-5-2-6-10-22)24(13-17-29(26)31-28)19-21-7-3-1-4-8-21;/h1-18H,19-20H2;1H. The lowest BCUT2D eigenvalue weighted by Gasteiger charge is -2.11. The van der Waals surface area contributed by atoms with Crippen LogP contribution in [0.15, 0.2) is 114 Å². The topological polar surface area (TPSA) is 31.5 Å². The number of rotatable bonds is 5. The third kappa shape index (κ3) is 4.66. The molecule has 0 aliphatic rings. The van der Waals surface area contributed by atoms with Gasteiger partial charge in [-0.15, -0.1) is 0 Å². The molecule has 3 heteroatoms. The van der Waals surface area contributed by atoms with E-state index < -0.39 is 0 Å². The van der Waals surface area contributed by atoms with Crippen molar-refractivity contribution in [2.75, 3.05) is 0 Å². The lowest BCUT2D eigenvalue weighted by atomic mass is 9.92. The van der Waals surface area contributed by atoms with Gasteiger partial charge in [0, 0.05) is 12.1 Å². The summed E-state index contributed by atoms with van der Waals surface area (Å²) in [6, 6.07) is 36.7. The van der Waals surface area contributed by atoms with Gasteiger partial charge in [-0.2, -0.15) is 0 Å². The minimum Gasteiger partial charge on any atom is -1.00 e. The molecular weight excluding hydrogens is 416 g/mol. The molecule has 0 bridgehead atoms. The summed E-state index contributed by atoms with van der Waals surface area (Å²) >= 11 is 0. The van der Waals surface area contributed by atoms with Crippen LogP contribution in [0.4, 0.5) is 0 Å². The zero-order chi connectivity index (χ0) is 21.0. The van der Waals surface area contributed by atoms with Gasteiger partial charge in [0.25, 0.3) is 0 Å². The molecule has 5 aromatic rings. The zero-order valence-corrected chi connectivity index (χ0v) is 18.3. The van der Waals surface area contributed by atoms with Crippen LogP contribution >= 0.6 is 0 Å². The maximum absolute atomic E-state index is 9.57. The minimum atomic E-state index is 0. The summed E-state index contributed by atoms with van der Waals surface area (Å²) in [6.45, 7) is 0. The molecule has 0 amide bonds. The second kappa shape index (κ2) is 9.67. The molecule has 0 unspecified atom stereocenters. The Balaban J connectivity index is 0.00000245. The Bertz CT molecular complexity index is 1310. The summed E-state index contributed by atoms with van der Waals surface area (Å²) in [4.78, 5) is 0. The van der Waals surface area contributed by atoms with Crippen molar-refractivity contribution in [2.45, 2.75) is 12.8 Å². The summed E-state index contributed by atoms with van der Waals surface area (Å²) in [5.41, 5.74) is 7.01. The second-order valence-corrected chi connectivity index (χ2v) is 7.79. The zero-order valence-electron chi connectivity index (χ0n) is 17.5. The van der Waals surface area contributed by atoms with Crippen LogP contribution in [0.5, 0.6) is 5.75 Å². The van der Waals surface area contributed by atoms with E-state index in [0.717, 1.165) is 35.1 Å². The van der Waals surface area contributed by atoms with Crippen LogP contribution < -0.4 is 12.4 Å². The van der Waals surface area contributed by atoms with Gasteiger partial charge in [0.2, 0.25) is 0 Å². The molecule has 1 heterocycles. The smallest absolute Gasteiger partial charge is 0.361 e. The summed E-state index contributed by atoms with van der Waals surface area (Å²) in [5.74, 6) is 1.04. The van der Waals surface area contributed by atoms with Gasteiger partial charge in [-0.05, 0) is 71.5 Å². The van der Waals surface area contributed by atoms with Gasteiger partial charge in [-0.3, -0.25) is 0 Å². The van der Waals surface area contributed by atoms with Crippen molar-refractivity contribution < 1.29 is 21.9 Å². The third-order valence-corrected chi connectivity index (χ3v) is 5.65. The Morgan fingerprint density at radius 3 is 1.88 bits per heavy atom. The molecule has 0 radical (unpaired) electrons. The maximum atomic E-state index is 9.57. The SMILES string of the molecule is Oc1ccc(-c2ccc3c(Cc4ccccc4)c(Cc4ccccc4)ccc3[o+]2)cc1.[Cl-]. The van der Waals surface area contributed by atoms with E-state index in [4.69, 9.17) is 4.42 Å². The molecule has 0 aliphatic heterocycles. The van der Waals surface area contributed by atoms with Crippen LogP contribution in [-0.4, -0.2) is 5.11 Å². The van der Waals surface area contributed by atoms with Crippen molar-refractivity contribution in [3.05, 3.63) is 131 Å². The summed E-state index contributed by atoms with van der Waals surface area (Å²) in [5, 5.41) is 10.7. The molecule has 0 fully saturated rings. The molecule has 1 N–H and O–H groups in total. The molecule has 0 saturated heterocycles. The molecule has 0 saturated carbocycles. The molecule has 0 spiro atoms. The van der Waals surface area contributed by atoms with Gasteiger partial charge in [0.05, 0.1) is 10.9 Å². The highest BCUT2D eigenvalue weighted by molar-refractivity contribution is 5.84. The number of hydrogen-bond acceptors (Lipinski definition) is 1.